The fraction of sp³-hybridized carbons (Fsp3) is 0.571. The van der Waals surface area contributed by atoms with E-state index in [4.69, 9.17) is 4.74 Å². The summed E-state index contributed by atoms with van der Waals surface area (Å²) in [6, 6.07) is 6.04. The number of rotatable bonds is 5. The maximum atomic E-state index is 13.2. The van der Waals surface area contributed by atoms with Gasteiger partial charge in [0.05, 0.1) is 6.10 Å². The zero-order valence-corrected chi connectivity index (χ0v) is 12.6. The first kappa shape index (κ1) is 15.4. The van der Waals surface area contributed by atoms with Crippen LogP contribution in [0, 0.1) is 5.82 Å². The number of sulfonamides is 1. The van der Waals surface area contributed by atoms with Crippen molar-refractivity contribution < 1.29 is 17.5 Å². The van der Waals surface area contributed by atoms with Crippen LogP contribution in [0.1, 0.15) is 25.8 Å². The molecular formula is C14H20FNO3S. The summed E-state index contributed by atoms with van der Waals surface area (Å²) in [5.41, 5.74) is 0.655. The zero-order chi connectivity index (χ0) is 14.8. The normalized spacial score (nSPS) is 23.4. The molecule has 1 fully saturated rings. The van der Waals surface area contributed by atoms with Crippen molar-refractivity contribution >= 4 is 10.0 Å². The van der Waals surface area contributed by atoms with Gasteiger partial charge in [-0.15, -0.1) is 0 Å². The van der Waals surface area contributed by atoms with Gasteiger partial charge in [0.2, 0.25) is 10.0 Å². The van der Waals surface area contributed by atoms with Crippen molar-refractivity contribution in [3.05, 3.63) is 35.6 Å². The summed E-state index contributed by atoms with van der Waals surface area (Å²) in [5.74, 6) is -0.353. The minimum Gasteiger partial charge on any atom is -0.377 e. The van der Waals surface area contributed by atoms with E-state index in [1.165, 1.54) is 16.4 Å². The highest BCUT2D eigenvalue weighted by atomic mass is 32.2. The summed E-state index contributed by atoms with van der Waals surface area (Å²) in [4.78, 5) is 0. The summed E-state index contributed by atoms with van der Waals surface area (Å²) in [6.45, 7) is 4.60. The van der Waals surface area contributed by atoms with Gasteiger partial charge >= 0.3 is 0 Å². The molecule has 0 bridgehead atoms. The first-order valence-electron chi connectivity index (χ1n) is 6.80. The van der Waals surface area contributed by atoms with Crippen molar-refractivity contribution in [1.29, 1.82) is 0 Å². The van der Waals surface area contributed by atoms with Crippen LogP contribution in [0.25, 0.3) is 0 Å². The van der Waals surface area contributed by atoms with Crippen LogP contribution < -0.4 is 0 Å². The number of halogens is 1. The molecule has 0 spiro atoms. The lowest BCUT2D eigenvalue weighted by molar-refractivity contribution is 0.125. The molecule has 0 radical (unpaired) electrons. The van der Waals surface area contributed by atoms with Gasteiger partial charge in [-0.1, -0.05) is 19.1 Å². The molecule has 4 nitrogen and oxygen atoms in total. The van der Waals surface area contributed by atoms with Gasteiger partial charge in [0.25, 0.3) is 0 Å². The van der Waals surface area contributed by atoms with Crippen LogP contribution in [-0.2, 0) is 21.3 Å². The van der Waals surface area contributed by atoms with Crippen LogP contribution in [0.3, 0.4) is 0 Å². The Morgan fingerprint density at radius 1 is 1.45 bits per heavy atom. The molecule has 0 N–H and O–H groups in total. The number of benzene rings is 1. The monoisotopic (exact) mass is 301 g/mol. The van der Waals surface area contributed by atoms with Gasteiger partial charge in [0.1, 0.15) is 11.1 Å². The Morgan fingerprint density at radius 3 is 2.75 bits per heavy atom. The van der Waals surface area contributed by atoms with Crippen LogP contribution in [0.2, 0.25) is 0 Å². The molecule has 1 aliphatic rings. The van der Waals surface area contributed by atoms with Crippen LogP contribution in [0.4, 0.5) is 4.39 Å². The molecule has 0 aromatic heterocycles. The van der Waals surface area contributed by atoms with E-state index in [1.54, 1.807) is 26.0 Å². The molecule has 1 saturated heterocycles. The molecule has 1 aliphatic heterocycles. The molecule has 0 aliphatic carbocycles. The van der Waals surface area contributed by atoms with E-state index < -0.39 is 15.3 Å². The van der Waals surface area contributed by atoms with E-state index in [0.717, 1.165) is 0 Å². The Hall–Kier alpha value is -0.980. The molecule has 0 amide bonds. The number of nitrogens with zero attached hydrogens (tertiary/aromatic N) is 1. The molecule has 0 unspecified atom stereocenters. The number of hydrogen-bond acceptors (Lipinski definition) is 3. The molecular weight excluding hydrogens is 281 g/mol. The lowest BCUT2D eigenvalue weighted by Gasteiger charge is -2.25. The average molecular weight is 301 g/mol. The maximum Gasteiger partial charge on any atom is 0.219 e. The van der Waals surface area contributed by atoms with E-state index in [-0.39, 0.29) is 18.5 Å². The van der Waals surface area contributed by atoms with Crippen molar-refractivity contribution in [3.8, 4) is 0 Å². The predicted molar refractivity (Wildman–Crippen MR) is 75.2 cm³/mol. The third kappa shape index (κ3) is 3.19. The standard InChI is InChI=1S/C14H20FNO3S/c1-3-16(10-12-5-4-6-13(15)9-12)20(17,18)14-7-8-19-11(14)2/h4-6,9,11,14H,3,7-8,10H2,1-2H3/t11-,14-/m0/s1. The SMILES string of the molecule is CCN(Cc1cccc(F)c1)S(=O)(=O)[C@H]1CCO[C@H]1C. The molecule has 1 aromatic rings. The van der Waals surface area contributed by atoms with Crippen molar-refractivity contribution in [1.82, 2.24) is 4.31 Å². The lowest BCUT2D eigenvalue weighted by atomic mass is 10.2. The highest BCUT2D eigenvalue weighted by molar-refractivity contribution is 7.89. The third-order valence-corrected chi connectivity index (χ3v) is 6.14. The molecule has 1 heterocycles. The van der Waals surface area contributed by atoms with Gasteiger partial charge < -0.3 is 4.74 Å². The van der Waals surface area contributed by atoms with E-state index in [1.807, 2.05) is 0 Å². The Balaban J connectivity index is 2.19. The van der Waals surface area contributed by atoms with E-state index in [9.17, 15) is 12.8 Å². The van der Waals surface area contributed by atoms with Gasteiger partial charge in [0.15, 0.2) is 0 Å². The average Bonchev–Trinajstić information content (AvgIpc) is 2.83. The van der Waals surface area contributed by atoms with Gasteiger partial charge in [-0.3, -0.25) is 0 Å². The highest BCUT2D eigenvalue weighted by Crippen LogP contribution is 2.25. The minimum atomic E-state index is -3.43. The number of ether oxygens (including phenoxy) is 1. The van der Waals surface area contributed by atoms with Crippen LogP contribution >= 0.6 is 0 Å². The Morgan fingerprint density at radius 2 is 2.20 bits per heavy atom. The van der Waals surface area contributed by atoms with Crippen molar-refractivity contribution in [2.45, 2.75) is 38.2 Å². The lowest BCUT2D eigenvalue weighted by Crippen LogP contribution is -2.41. The van der Waals surface area contributed by atoms with Crippen LogP contribution in [-0.4, -0.2) is 37.2 Å². The molecule has 112 valence electrons. The first-order valence-corrected chi connectivity index (χ1v) is 8.30. The Bertz CT molecular complexity index is 561. The van der Waals surface area contributed by atoms with E-state index in [2.05, 4.69) is 0 Å². The van der Waals surface area contributed by atoms with E-state index >= 15 is 0 Å². The zero-order valence-electron chi connectivity index (χ0n) is 11.8. The van der Waals surface area contributed by atoms with Gasteiger partial charge in [-0.05, 0) is 31.0 Å². The molecule has 2 atom stereocenters. The molecule has 1 aromatic carbocycles. The topological polar surface area (TPSA) is 46.6 Å². The second-order valence-electron chi connectivity index (χ2n) is 5.00. The second-order valence-corrected chi connectivity index (χ2v) is 7.16. The maximum absolute atomic E-state index is 13.2. The molecule has 6 heteroatoms. The van der Waals surface area contributed by atoms with Crippen molar-refractivity contribution in [2.24, 2.45) is 0 Å². The summed E-state index contributed by atoms with van der Waals surface area (Å²) in [7, 11) is -3.43. The van der Waals surface area contributed by atoms with Crippen molar-refractivity contribution in [2.75, 3.05) is 13.2 Å². The fourth-order valence-electron chi connectivity index (χ4n) is 2.52. The summed E-state index contributed by atoms with van der Waals surface area (Å²) in [5, 5.41) is -0.504. The minimum absolute atomic E-state index is 0.194. The summed E-state index contributed by atoms with van der Waals surface area (Å²) in [6.07, 6.45) is 0.227. The van der Waals surface area contributed by atoms with Gasteiger partial charge in [-0.25, -0.2) is 12.8 Å². The van der Waals surface area contributed by atoms with Crippen LogP contribution in [0.15, 0.2) is 24.3 Å². The first-order chi connectivity index (χ1) is 9.45. The molecule has 2 rings (SSSR count). The number of hydrogen-bond donors (Lipinski definition) is 0. The largest absolute Gasteiger partial charge is 0.377 e. The second kappa shape index (κ2) is 6.20. The van der Waals surface area contributed by atoms with Gasteiger partial charge in [0, 0.05) is 19.7 Å². The smallest absolute Gasteiger partial charge is 0.219 e. The summed E-state index contributed by atoms with van der Waals surface area (Å²) < 4.78 is 45.2. The van der Waals surface area contributed by atoms with Crippen molar-refractivity contribution in [3.63, 3.8) is 0 Å². The van der Waals surface area contributed by atoms with Gasteiger partial charge in [-0.2, -0.15) is 4.31 Å². The van der Waals surface area contributed by atoms with Crippen LogP contribution in [0.5, 0.6) is 0 Å². The third-order valence-electron chi connectivity index (χ3n) is 3.65. The quantitative estimate of drug-likeness (QED) is 0.837. The molecule has 20 heavy (non-hydrogen) atoms. The highest BCUT2D eigenvalue weighted by Gasteiger charge is 2.39. The fourth-order valence-corrected chi connectivity index (χ4v) is 4.54. The predicted octanol–water partition coefficient (Wildman–Crippen LogP) is 2.15. The van der Waals surface area contributed by atoms with E-state index in [0.29, 0.717) is 25.1 Å². The summed E-state index contributed by atoms with van der Waals surface area (Å²) >= 11 is 0. The Kier molecular flexibility index (Phi) is 4.78. The Labute approximate surface area is 119 Å². The molecule has 0 saturated carbocycles.